The van der Waals surface area contributed by atoms with Gasteiger partial charge in [-0.25, -0.2) is 0 Å². The van der Waals surface area contributed by atoms with Crippen LogP contribution in [0.3, 0.4) is 0 Å². The summed E-state index contributed by atoms with van der Waals surface area (Å²) in [6.45, 7) is 7.92. The van der Waals surface area contributed by atoms with Crippen molar-refractivity contribution in [1.29, 1.82) is 0 Å². The molecule has 0 aliphatic heterocycles. The van der Waals surface area contributed by atoms with Crippen LogP contribution in [0.5, 0.6) is 0 Å². The van der Waals surface area contributed by atoms with Gasteiger partial charge in [-0.1, -0.05) is 37.3 Å². The number of rotatable bonds is 7. The molecule has 0 aromatic heterocycles. The van der Waals surface area contributed by atoms with Crippen molar-refractivity contribution < 1.29 is 9.90 Å². The van der Waals surface area contributed by atoms with Crippen molar-refractivity contribution in [1.82, 2.24) is 4.90 Å². The van der Waals surface area contributed by atoms with E-state index in [-0.39, 0.29) is 6.42 Å². The van der Waals surface area contributed by atoms with E-state index >= 15 is 0 Å². The van der Waals surface area contributed by atoms with E-state index in [0.717, 1.165) is 6.54 Å². The Labute approximate surface area is 109 Å². The minimum Gasteiger partial charge on any atom is -0.481 e. The molecule has 0 spiro atoms. The Bertz CT molecular complexity index is 362. The quantitative estimate of drug-likeness (QED) is 0.807. The van der Waals surface area contributed by atoms with Crippen LogP contribution in [-0.2, 0) is 4.79 Å². The summed E-state index contributed by atoms with van der Waals surface area (Å²) < 4.78 is 0. The molecule has 1 aromatic carbocycles. The molecule has 18 heavy (non-hydrogen) atoms. The minimum absolute atomic E-state index is 0.208. The Morgan fingerprint density at radius 1 is 1.22 bits per heavy atom. The van der Waals surface area contributed by atoms with Crippen molar-refractivity contribution in [3.63, 3.8) is 0 Å². The van der Waals surface area contributed by atoms with Gasteiger partial charge in [0.15, 0.2) is 0 Å². The molecule has 1 N–H and O–H groups in total. The summed E-state index contributed by atoms with van der Waals surface area (Å²) in [5.74, 6) is -0.310. The Kier molecular flexibility index (Phi) is 5.86. The summed E-state index contributed by atoms with van der Waals surface area (Å²) in [7, 11) is 0. The number of hydrogen-bond donors (Lipinski definition) is 1. The average Bonchev–Trinajstić information content (AvgIpc) is 2.34. The monoisotopic (exact) mass is 249 g/mol. The van der Waals surface area contributed by atoms with E-state index in [1.54, 1.807) is 0 Å². The second kappa shape index (κ2) is 7.17. The first-order valence-corrected chi connectivity index (χ1v) is 6.51. The number of carboxylic acid groups (broad SMARTS) is 1. The van der Waals surface area contributed by atoms with Crippen molar-refractivity contribution in [3.8, 4) is 0 Å². The maximum Gasteiger partial charge on any atom is 0.304 e. The molecule has 3 heteroatoms. The summed E-state index contributed by atoms with van der Waals surface area (Å²) in [5.41, 5.74) is 1.30. The highest BCUT2D eigenvalue weighted by molar-refractivity contribution is 5.66. The summed E-state index contributed by atoms with van der Waals surface area (Å²) >= 11 is 0. The molecule has 0 fully saturated rings. The molecule has 0 saturated carbocycles. The third-order valence-electron chi connectivity index (χ3n) is 3.22. The van der Waals surface area contributed by atoms with Gasteiger partial charge in [0, 0.05) is 19.1 Å². The van der Waals surface area contributed by atoms with E-state index < -0.39 is 5.97 Å². The van der Waals surface area contributed by atoms with Gasteiger partial charge >= 0.3 is 5.97 Å². The number of benzene rings is 1. The summed E-state index contributed by atoms with van der Waals surface area (Å²) in [5, 5.41) is 8.77. The standard InChI is InChI=1S/C15H23NO2/c1-12(2)16(10-9-15(17)18)11-13(3)14-7-5-4-6-8-14/h4-8,12-13H,9-11H2,1-3H3,(H,17,18). The van der Waals surface area contributed by atoms with Crippen molar-refractivity contribution in [2.75, 3.05) is 13.1 Å². The maximum atomic E-state index is 10.7. The second-order valence-electron chi connectivity index (χ2n) is 5.04. The molecule has 1 unspecified atom stereocenters. The van der Waals surface area contributed by atoms with E-state index in [2.05, 4.69) is 37.8 Å². The highest BCUT2D eigenvalue weighted by atomic mass is 16.4. The van der Waals surface area contributed by atoms with Gasteiger partial charge < -0.3 is 5.11 Å². The highest BCUT2D eigenvalue weighted by Gasteiger charge is 2.15. The van der Waals surface area contributed by atoms with Gasteiger partial charge in [-0.2, -0.15) is 0 Å². The Morgan fingerprint density at radius 2 is 1.83 bits per heavy atom. The molecule has 0 aliphatic carbocycles. The predicted octanol–water partition coefficient (Wildman–Crippen LogP) is 2.98. The highest BCUT2D eigenvalue weighted by Crippen LogP contribution is 2.17. The van der Waals surface area contributed by atoms with Gasteiger partial charge in [-0.05, 0) is 25.3 Å². The SMILES string of the molecule is CC(CN(CCC(=O)O)C(C)C)c1ccccc1. The lowest BCUT2D eigenvalue weighted by Gasteiger charge is -2.29. The summed E-state index contributed by atoms with van der Waals surface area (Å²) in [6, 6.07) is 10.7. The fourth-order valence-corrected chi connectivity index (χ4v) is 2.04. The van der Waals surface area contributed by atoms with Crippen LogP contribution in [0.25, 0.3) is 0 Å². The summed E-state index contributed by atoms with van der Waals surface area (Å²) in [4.78, 5) is 12.9. The van der Waals surface area contributed by atoms with Gasteiger partial charge in [0.2, 0.25) is 0 Å². The zero-order valence-electron chi connectivity index (χ0n) is 11.5. The number of carbonyl (C=O) groups is 1. The van der Waals surface area contributed by atoms with Crippen LogP contribution in [0, 0.1) is 0 Å². The lowest BCUT2D eigenvalue weighted by atomic mass is 10.00. The Hall–Kier alpha value is -1.35. The topological polar surface area (TPSA) is 40.5 Å². The molecule has 1 atom stereocenters. The van der Waals surface area contributed by atoms with E-state index in [4.69, 9.17) is 5.11 Å². The molecule has 0 bridgehead atoms. The van der Waals surface area contributed by atoms with Gasteiger partial charge in [0.25, 0.3) is 0 Å². The molecule has 0 amide bonds. The zero-order chi connectivity index (χ0) is 13.5. The first-order chi connectivity index (χ1) is 8.50. The Morgan fingerprint density at radius 3 is 2.33 bits per heavy atom. The van der Waals surface area contributed by atoms with Crippen LogP contribution in [0.15, 0.2) is 30.3 Å². The van der Waals surface area contributed by atoms with Crippen LogP contribution in [0.2, 0.25) is 0 Å². The molecular formula is C15H23NO2. The van der Waals surface area contributed by atoms with E-state index in [9.17, 15) is 4.79 Å². The molecule has 0 heterocycles. The molecule has 0 aliphatic rings. The van der Waals surface area contributed by atoms with Crippen molar-refractivity contribution in [3.05, 3.63) is 35.9 Å². The predicted molar refractivity (Wildman–Crippen MR) is 73.8 cm³/mol. The lowest BCUT2D eigenvalue weighted by molar-refractivity contribution is -0.137. The lowest BCUT2D eigenvalue weighted by Crippen LogP contribution is -2.35. The van der Waals surface area contributed by atoms with Crippen LogP contribution in [0.4, 0.5) is 0 Å². The molecule has 1 aromatic rings. The molecular weight excluding hydrogens is 226 g/mol. The van der Waals surface area contributed by atoms with Crippen LogP contribution in [0.1, 0.15) is 38.7 Å². The van der Waals surface area contributed by atoms with Gasteiger partial charge in [-0.3, -0.25) is 9.69 Å². The van der Waals surface area contributed by atoms with Crippen molar-refractivity contribution in [2.45, 2.75) is 39.2 Å². The Balaban J connectivity index is 2.58. The number of hydrogen-bond acceptors (Lipinski definition) is 2. The first-order valence-electron chi connectivity index (χ1n) is 6.51. The minimum atomic E-state index is -0.729. The van der Waals surface area contributed by atoms with Gasteiger partial charge in [0.1, 0.15) is 0 Å². The second-order valence-corrected chi connectivity index (χ2v) is 5.04. The first kappa shape index (κ1) is 14.7. The van der Waals surface area contributed by atoms with Crippen LogP contribution >= 0.6 is 0 Å². The van der Waals surface area contributed by atoms with Crippen LogP contribution in [-0.4, -0.2) is 35.1 Å². The van der Waals surface area contributed by atoms with Crippen LogP contribution < -0.4 is 0 Å². The van der Waals surface area contributed by atoms with Gasteiger partial charge in [-0.15, -0.1) is 0 Å². The molecule has 100 valence electrons. The van der Waals surface area contributed by atoms with Crippen molar-refractivity contribution in [2.24, 2.45) is 0 Å². The average molecular weight is 249 g/mol. The number of nitrogens with zero attached hydrogens (tertiary/aromatic N) is 1. The molecule has 0 saturated heterocycles. The van der Waals surface area contributed by atoms with Crippen molar-refractivity contribution >= 4 is 5.97 Å². The normalized spacial score (nSPS) is 12.9. The van der Waals surface area contributed by atoms with Gasteiger partial charge in [0.05, 0.1) is 6.42 Å². The zero-order valence-corrected chi connectivity index (χ0v) is 11.5. The van der Waals surface area contributed by atoms with E-state index in [1.165, 1.54) is 5.56 Å². The third-order valence-corrected chi connectivity index (χ3v) is 3.22. The largest absolute Gasteiger partial charge is 0.481 e. The number of aliphatic carboxylic acids is 1. The molecule has 0 radical (unpaired) electrons. The smallest absolute Gasteiger partial charge is 0.304 e. The maximum absolute atomic E-state index is 10.7. The van der Waals surface area contributed by atoms with E-state index in [1.807, 2.05) is 18.2 Å². The molecule has 3 nitrogen and oxygen atoms in total. The molecule has 1 rings (SSSR count). The number of carboxylic acids is 1. The fourth-order valence-electron chi connectivity index (χ4n) is 2.04. The third kappa shape index (κ3) is 4.88. The summed E-state index contributed by atoms with van der Waals surface area (Å²) in [6.07, 6.45) is 0.208. The fraction of sp³-hybridized carbons (Fsp3) is 0.533. The van der Waals surface area contributed by atoms with E-state index in [0.29, 0.717) is 18.5 Å².